The van der Waals surface area contributed by atoms with Crippen LogP contribution in [0.25, 0.3) is 0 Å². The standard InChI is InChI=1S/C20H36N4O3/c1-6-21-20(22-14-15(2)19-16(3)23-27-17(19)4)24-10-8-18(9-11-24)26-13-7-12-25-5/h15,18H,6-14H2,1-5H3,(H,21,22). The minimum absolute atomic E-state index is 0.284. The molecule has 0 bridgehead atoms. The predicted molar refractivity (Wildman–Crippen MR) is 107 cm³/mol. The molecule has 1 aliphatic heterocycles. The molecule has 0 aliphatic carbocycles. The van der Waals surface area contributed by atoms with E-state index in [4.69, 9.17) is 19.0 Å². The van der Waals surface area contributed by atoms with Crippen LogP contribution in [0.4, 0.5) is 0 Å². The monoisotopic (exact) mass is 380 g/mol. The molecule has 0 amide bonds. The number of aromatic nitrogens is 1. The lowest BCUT2D eigenvalue weighted by Crippen LogP contribution is -2.47. The summed E-state index contributed by atoms with van der Waals surface area (Å²) in [6, 6.07) is 0. The Morgan fingerprint density at radius 1 is 1.33 bits per heavy atom. The zero-order valence-corrected chi connectivity index (χ0v) is 17.6. The number of guanidine groups is 1. The lowest BCUT2D eigenvalue weighted by molar-refractivity contribution is 0.00990. The summed E-state index contributed by atoms with van der Waals surface area (Å²) in [5, 5.41) is 7.50. The molecule has 0 spiro atoms. The quantitative estimate of drug-likeness (QED) is 0.403. The van der Waals surface area contributed by atoms with Crippen LogP contribution in [0.5, 0.6) is 0 Å². The lowest BCUT2D eigenvalue weighted by atomic mass is 10.00. The van der Waals surface area contributed by atoms with Gasteiger partial charge < -0.3 is 24.2 Å². The maximum absolute atomic E-state index is 5.96. The third-order valence-electron chi connectivity index (χ3n) is 5.02. The minimum Gasteiger partial charge on any atom is -0.385 e. The maximum Gasteiger partial charge on any atom is 0.193 e. The number of methoxy groups -OCH3 is 1. The second kappa shape index (κ2) is 11.3. The summed E-state index contributed by atoms with van der Waals surface area (Å²) in [7, 11) is 1.73. The van der Waals surface area contributed by atoms with E-state index in [0.717, 1.165) is 76.1 Å². The Morgan fingerprint density at radius 3 is 2.67 bits per heavy atom. The van der Waals surface area contributed by atoms with Gasteiger partial charge in [-0.2, -0.15) is 0 Å². The normalized spacial score (nSPS) is 17.4. The molecule has 1 atom stereocenters. The van der Waals surface area contributed by atoms with Crippen molar-refractivity contribution in [1.82, 2.24) is 15.4 Å². The number of aryl methyl sites for hydroxylation is 2. The molecular weight excluding hydrogens is 344 g/mol. The van der Waals surface area contributed by atoms with E-state index in [9.17, 15) is 0 Å². The second-order valence-corrected chi connectivity index (χ2v) is 7.24. The van der Waals surface area contributed by atoms with Gasteiger partial charge in [0.15, 0.2) is 5.96 Å². The highest BCUT2D eigenvalue weighted by Crippen LogP contribution is 2.23. The van der Waals surface area contributed by atoms with Crippen molar-refractivity contribution in [3.05, 3.63) is 17.0 Å². The van der Waals surface area contributed by atoms with E-state index < -0.39 is 0 Å². The maximum atomic E-state index is 5.96. The number of hydrogen-bond donors (Lipinski definition) is 1. The molecule has 2 rings (SSSR count). The van der Waals surface area contributed by atoms with Crippen LogP contribution in [0.15, 0.2) is 9.52 Å². The molecule has 1 aromatic rings. The summed E-state index contributed by atoms with van der Waals surface area (Å²) in [6.07, 6.45) is 3.39. The number of hydrogen-bond acceptors (Lipinski definition) is 5. The Labute approximate surface area is 163 Å². The van der Waals surface area contributed by atoms with Crippen LogP contribution in [-0.4, -0.2) is 68.6 Å². The Kier molecular flexibility index (Phi) is 9.07. The van der Waals surface area contributed by atoms with E-state index in [0.29, 0.717) is 6.10 Å². The molecule has 1 aromatic heterocycles. The average Bonchev–Trinajstić information content (AvgIpc) is 3.01. The highest BCUT2D eigenvalue weighted by Gasteiger charge is 2.22. The van der Waals surface area contributed by atoms with Crippen LogP contribution in [0.3, 0.4) is 0 Å². The first kappa shape index (κ1) is 21.7. The summed E-state index contributed by atoms with van der Waals surface area (Å²) in [5.74, 6) is 2.17. The van der Waals surface area contributed by atoms with E-state index in [1.54, 1.807) is 7.11 Å². The average molecular weight is 381 g/mol. The van der Waals surface area contributed by atoms with Crippen molar-refractivity contribution >= 4 is 5.96 Å². The lowest BCUT2D eigenvalue weighted by Gasteiger charge is -2.34. The van der Waals surface area contributed by atoms with Crippen molar-refractivity contribution in [2.24, 2.45) is 4.99 Å². The van der Waals surface area contributed by atoms with Gasteiger partial charge in [0, 0.05) is 58.0 Å². The fourth-order valence-electron chi connectivity index (χ4n) is 3.62. The highest BCUT2D eigenvalue weighted by molar-refractivity contribution is 5.80. The van der Waals surface area contributed by atoms with Crippen molar-refractivity contribution in [3.8, 4) is 0 Å². The van der Waals surface area contributed by atoms with Gasteiger partial charge in [0.25, 0.3) is 0 Å². The molecule has 1 aliphatic rings. The summed E-state index contributed by atoms with van der Waals surface area (Å²) in [4.78, 5) is 7.24. The SMILES string of the molecule is CCNC(=NCC(C)c1c(C)noc1C)N1CCC(OCCCOC)CC1. The van der Waals surface area contributed by atoms with Crippen LogP contribution in [-0.2, 0) is 9.47 Å². The van der Waals surface area contributed by atoms with E-state index in [1.807, 2.05) is 13.8 Å². The minimum atomic E-state index is 0.284. The highest BCUT2D eigenvalue weighted by atomic mass is 16.5. The van der Waals surface area contributed by atoms with Gasteiger partial charge in [0.05, 0.1) is 11.8 Å². The van der Waals surface area contributed by atoms with Crippen molar-refractivity contribution < 1.29 is 14.0 Å². The van der Waals surface area contributed by atoms with Crippen LogP contribution in [0.1, 0.15) is 56.0 Å². The molecule has 7 heteroatoms. The molecule has 2 heterocycles. The third-order valence-corrected chi connectivity index (χ3v) is 5.02. The van der Waals surface area contributed by atoms with E-state index in [2.05, 4.69) is 29.2 Å². The van der Waals surface area contributed by atoms with E-state index in [-0.39, 0.29) is 5.92 Å². The van der Waals surface area contributed by atoms with Gasteiger partial charge in [-0.1, -0.05) is 12.1 Å². The number of aliphatic imine (C=N–C) groups is 1. The van der Waals surface area contributed by atoms with Crippen LogP contribution in [0.2, 0.25) is 0 Å². The number of piperidine rings is 1. The van der Waals surface area contributed by atoms with E-state index >= 15 is 0 Å². The molecule has 27 heavy (non-hydrogen) atoms. The smallest absolute Gasteiger partial charge is 0.193 e. The summed E-state index contributed by atoms with van der Waals surface area (Å²) in [6.45, 7) is 13.3. The molecule has 0 radical (unpaired) electrons. The van der Waals surface area contributed by atoms with Gasteiger partial charge in [-0.25, -0.2) is 0 Å². The third kappa shape index (κ3) is 6.50. The summed E-state index contributed by atoms with van der Waals surface area (Å²) >= 11 is 0. The van der Waals surface area contributed by atoms with Gasteiger partial charge in [0.2, 0.25) is 0 Å². The van der Waals surface area contributed by atoms with Gasteiger partial charge in [-0.05, 0) is 40.0 Å². The molecule has 1 unspecified atom stereocenters. The zero-order chi connectivity index (χ0) is 19.6. The topological polar surface area (TPSA) is 72.1 Å². The Bertz CT molecular complexity index is 560. The molecule has 154 valence electrons. The Morgan fingerprint density at radius 2 is 2.07 bits per heavy atom. The van der Waals surface area contributed by atoms with Gasteiger partial charge in [-0.15, -0.1) is 0 Å². The molecule has 7 nitrogen and oxygen atoms in total. The number of likely N-dealkylation sites (tertiary alicyclic amines) is 1. The Hall–Kier alpha value is -1.60. The number of rotatable bonds is 9. The molecular formula is C20H36N4O3. The van der Waals surface area contributed by atoms with Gasteiger partial charge in [0.1, 0.15) is 5.76 Å². The second-order valence-electron chi connectivity index (χ2n) is 7.24. The summed E-state index contributed by atoms with van der Waals surface area (Å²) < 4.78 is 16.3. The van der Waals surface area contributed by atoms with Crippen molar-refractivity contribution in [2.45, 2.75) is 59.0 Å². The van der Waals surface area contributed by atoms with Crippen LogP contribution >= 0.6 is 0 Å². The molecule has 1 N–H and O–H groups in total. The van der Waals surface area contributed by atoms with E-state index in [1.165, 1.54) is 5.56 Å². The largest absolute Gasteiger partial charge is 0.385 e. The number of nitrogens with zero attached hydrogens (tertiary/aromatic N) is 3. The van der Waals surface area contributed by atoms with Crippen molar-refractivity contribution in [1.29, 1.82) is 0 Å². The molecule has 1 fully saturated rings. The molecule has 0 aromatic carbocycles. The van der Waals surface area contributed by atoms with Crippen molar-refractivity contribution in [2.75, 3.05) is 46.5 Å². The zero-order valence-electron chi connectivity index (χ0n) is 17.6. The van der Waals surface area contributed by atoms with Crippen molar-refractivity contribution in [3.63, 3.8) is 0 Å². The van der Waals surface area contributed by atoms with Gasteiger partial charge >= 0.3 is 0 Å². The first-order valence-corrected chi connectivity index (χ1v) is 10.1. The van der Waals surface area contributed by atoms with Crippen LogP contribution in [0, 0.1) is 13.8 Å². The predicted octanol–water partition coefficient (Wildman–Crippen LogP) is 2.88. The first-order chi connectivity index (χ1) is 13.1. The van der Waals surface area contributed by atoms with Crippen LogP contribution < -0.4 is 5.32 Å². The van der Waals surface area contributed by atoms with Gasteiger partial charge in [-0.3, -0.25) is 4.99 Å². The number of nitrogens with one attached hydrogen (secondary N) is 1. The fourth-order valence-corrected chi connectivity index (χ4v) is 3.62. The Balaban J connectivity index is 1.87. The molecule has 1 saturated heterocycles. The number of ether oxygens (including phenoxy) is 2. The fraction of sp³-hybridized carbons (Fsp3) is 0.800. The first-order valence-electron chi connectivity index (χ1n) is 10.1. The molecule has 0 saturated carbocycles. The summed E-state index contributed by atoms with van der Waals surface area (Å²) in [5.41, 5.74) is 2.14.